The van der Waals surface area contributed by atoms with Gasteiger partial charge in [-0.3, -0.25) is 4.79 Å². The van der Waals surface area contributed by atoms with Crippen molar-refractivity contribution in [2.24, 2.45) is 0 Å². The molecule has 0 heterocycles. The van der Waals surface area contributed by atoms with Gasteiger partial charge in [0.2, 0.25) is 0 Å². The number of nitrogens with one attached hydrogen (secondary N) is 2. The van der Waals surface area contributed by atoms with E-state index in [9.17, 15) is 19.2 Å². The molecule has 0 aliphatic rings. The Morgan fingerprint density at radius 3 is 1.88 bits per heavy atom. The number of carbonyl (C=O) groups excluding carboxylic acids is 4. The molecule has 0 aromatic carbocycles. The number of amides is 2. The monoisotopic (exact) mass is 470 g/mol. The molecule has 3 unspecified atom stereocenters. The van der Waals surface area contributed by atoms with Crippen molar-refractivity contribution in [1.82, 2.24) is 10.6 Å². The highest BCUT2D eigenvalue weighted by molar-refractivity contribution is 5.85. The smallest absolute Gasteiger partial charge is 0.407 e. The van der Waals surface area contributed by atoms with Gasteiger partial charge < -0.3 is 29.6 Å². The maximum atomic E-state index is 12.6. The second-order valence-corrected chi connectivity index (χ2v) is 7.84. The highest BCUT2D eigenvalue weighted by Gasteiger charge is 2.37. The molecule has 0 fully saturated rings. The molecular formula is C23H38N2O8. The van der Waals surface area contributed by atoms with Crippen molar-refractivity contribution >= 4 is 23.9 Å². The summed E-state index contributed by atoms with van der Waals surface area (Å²) in [4.78, 5) is 46.8. The third-order valence-corrected chi connectivity index (χ3v) is 5.00. The molecule has 0 radical (unpaired) electrons. The van der Waals surface area contributed by atoms with Crippen LogP contribution in [0.25, 0.3) is 0 Å². The first kappa shape index (κ1) is 30.1. The van der Waals surface area contributed by atoms with Crippen LogP contribution in [-0.2, 0) is 33.3 Å². The minimum absolute atomic E-state index is 0.000930. The second kappa shape index (κ2) is 15.0. The van der Waals surface area contributed by atoms with Crippen LogP contribution in [-0.4, -0.2) is 67.5 Å². The summed E-state index contributed by atoms with van der Waals surface area (Å²) < 4.78 is 21.2. The standard InChI is InChI=1S/C23H38N2O8/c1-8-18(26)30-14-12-24-20(28)23(7,11-4)32-17(5)16-22(6,10-3)33-21(29)25-13-15-31-19(27)9-2/h8-9,17H,1-2,10-16H2,3-7H3,(H,24,28)(H,25,29). The fourth-order valence-corrected chi connectivity index (χ4v) is 2.83. The molecule has 0 aromatic rings. The minimum atomic E-state index is -1.12. The van der Waals surface area contributed by atoms with Crippen molar-refractivity contribution in [3.8, 4) is 0 Å². The minimum Gasteiger partial charge on any atom is -0.461 e. The molecule has 33 heavy (non-hydrogen) atoms. The molecule has 0 saturated carbocycles. The zero-order valence-electron chi connectivity index (χ0n) is 20.4. The largest absolute Gasteiger partial charge is 0.461 e. The first-order valence-electron chi connectivity index (χ1n) is 11.0. The Labute approximate surface area is 196 Å². The van der Waals surface area contributed by atoms with E-state index in [1.54, 1.807) is 20.8 Å². The van der Waals surface area contributed by atoms with E-state index in [0.717, 1.165) is 12.2 Å². The summed E-state index contributed by atoms with van der Waals surface area (Å²) in [7, 11) is 0. The Morgan fingerprint density at radius 2 is 1.42 bits per heavy atom. The van der Waals surface area contributed by atoms with Crippen LogP contribution in [0.3, 0.4) is 0 Å². The molecule has 10 nitrogen and oxygen atoms in total. The summed E-state index contributed by atoms with van der Waals surface area (Å²) in [6, 6.07) is 0. The number of carbonyl (C=O) groups is 4. The first-order chi connectivity index (χ1) is 15.4. The fraction of sp³-hybridized carbons (Fsp3) is 0.652. The summed E-state index contributed by atoms with van der Waals surface area (Å²) in [5.41, 5.74) is -1.96. The average molecular weight is 471 g/mol. The normalized spacial score (nSPS) is 15.1. The van der Waals surface area contributed by atoms with Crippen molar-refractivity contribution in [2.75, 3.05) is 26.3 Å². The Balaban J connectivity index is 4.72. The predicted molar refractivity (Wildman–Crippen MR) is 122 cm³/mol. The van der Waals surface area contributed by atoms with Crippen LogP contribution >= 0.6 is 0 Å². The fourth-order valence-electron chi connectivity index (χ4n) is 2.83. The molecule has 3 atom stereocenters. The van der Waals surface area contributed by atoms with Gasteiger partial charge in [0.25, 0.3) is 5.91 Å². The maximum absolute atomic E-state index is 12.6. The predicted octanol–water partition coefficient (Wildman–Crippen LogP) is 2.42. The highest BCUT2D eigenvalue weighted by atomic mass is 16.6. The number of alkyl carbamates (subject to hydrolysis) is 1. The lowest BCUT2D eigenvalue weighted by molar-refractivity contribution is -0.157. The van der Waals surface area contributed by atoms with Gasteiger partial charge in [0, 0.05) is 18.6 Å². The number of ether oxygens (including phenoxy) is 4. The molecule has 0 saturated heterocycles. The quantitative estimate of drug-likeness (QED) is 0.152. The van der Waals surface area contributed by atoms with Crippen LogP contribution in [0.2, 0.25) is 0 Å². The Morgan fingerprint density at radius 1 is 0.909 bits per heavy atom. The van der Waals surface area contributed by atoms with Gasteiger partial charge in [-0.1, -0.05) is 27.0 Å². The molecule has 188 valence electrons. The first-order valence-corrected chi connectivity index (χ1v) is 11.0. The van der Waals surface area contributed by atoms with Crippen LogP contribution in [0.5, 0.6) is 0 Å². The molecule has 0 aliphatic heterocycles. The summed E-state index contributed by atoms with van der Waals surface area (Å²) in [5, 5.41) is 5.22. The van der Waals surface area contributed by atoms with Gasteiger partial charge in [0.1, 0.15) is 24.4 Å². The molecule has 10 heteroatoms. The topological polar surface area (TPSA) is 129 Å². The zero-order valence-corrected chi connectivity index (χ0v) is 20.4. The van der Waals surface area contributed by atoms with Crippen molar-refractivity contribution in [3.05, 3.63) is 25.3 Å². The van der Waals surface area contributed by atoms with Gasteiger partial charge in [-0.15, -0.1) is 0 Å². The number of hydrogen-bond acceptors (Lipinski definition) is 8. The maximum Gasteiger partial charge on any atom is 0.407 e. The summed E-state index contributed by atoms with van der Waals surface area (Å²) in [5.74, 6) is -1.47. The third-order valence-electron chi connectivity index (χ3n) is 5.00. The van der Waals surface area contributed by atoms with E-state index in [-0.39, 0.29) is 32.2 Å². The van der Waals surface area contributed by atoms with E-state index in [4.69, 9.17) is 18.9 Å². The van der Waals surface area contributed by atoms with Gasteiger partial charge in [-0.2, -0.15) is 0 Å². The van der Waals surface area contributed by atoms with Gasteiger partial charge in [-0.05, 0) is 33.6 Å². The summed E-state index contributed by atoms with van der Waals surface area (Å²) in [6.45, 7) is 15.8. The van der Waals surface area contributed by atoms with Crippen molar-refractivity contribution < 1.29 is 38.1 Å². The Hall–Kier alpha value is -2.88. The number of rotatable bonds is 16. The van der Waals surface area contributed by atoms with Crippen LogP contribution in [0.4, 0.5) is 4.79 Å². The van der Waals surface area contributed by atoms with E-state index in [2.05, 4.69) is 23.8 Å². The van der Waals surface area contributed by atoms with Crippen LogP contribution in [0.1, 0.15) is 53.9 Å². The van der Waals surface area contributed by atoms with E-state index in [1.165, 1.54) is 0 Å². The Bertz CT molecular complexity index is 696. The van der Waals surface area contributed by atoms with E-state index in [0.29, 0.717) is 19.3 Å². The molecular weight excluding hydrogens is 432 g/mol. The second-order valence-electron chi connectivity index (χ2n) is 7.84. The van der Waals surface area contributed by atoms with E-state index < -0.39 is 35.3 Å². The number of hydrogen-bond donors (Lipinski definition) is 2. The Kier molecular flexibility index (Phi) is 13.7. The van der Waals surface area contributed by atoms with Crippen molar-refractivity contribution in [1.29, 1.82) is 0 Å². The van der Waals surface area contributed by atoms with E-state index in [1.807, 2.05) is 13.8 Å². The average Bonchev–Trinajstić information content (AvgIpc) is 2.78. The lowest BCUT2D eigenvalue weighted by Gasteiger charge is -2.35. The molecule has 2 N–H and O–H groups in total. The van der Waals surface area contributed by atoms with Gasteiger partial charge >= 0.3 is 18.0 Å². The molecule has 2 amide bonds. The summed E-state index contributed by atoms with van der Waals surface area (Å²) in [6.07, 6.45) is 2.30. The molecule has 0 spiro atoms. The lowest BCUT2D eigenvalue weighted by Crippen LogP contribution is -2.50. The number of esters is 2. The van der Waals surface area contributed by atoms with Gasteiger partial charge in [-0.25, -0.2) is 14.4 Å². The zero-order chi connectivity index (χ0) is 25.5. The van der Waals surface area contributed by atoms with Crippen LogP contribution in [0, 0.1) is 0 Å². The lowest BCUT2D eigenvalue weighted by atomic mass is 9.94. The third kappa shape index (κ3) is 12.1. The van der Waals surface area contributed by atoms with Crippen molar-refractivity contribution in [2.45, 2.75) is 71.2 Å². The molecule has 0 bridgehead atoms. The van der Waals surface area contributed by atoms with Crippen LogP contribution < -0.4 is 10.6 Å². The summed E-state index contributed by atoms with van der Waals surface area (Å²) >= 11 is 0. The van der Waals surface area contributed by atoms with E-state index >= 15 is 0 Å². The SMILES string of the molecule is C=CC(=O)OCCNC(=O)OC(C)(CC)CC(C)OC(C)(CC)C(=O)NCCOC(=O)C=C. The van der Waals surface area contributed by atoms with Crippen LogP contribution in [0.15, 0.2) is 25.3 Å². The van der Waals surface area contributed by atoms with Gasteiger partial charge in [0.15, 0.2) is 0 Å². The molecule has 0 aliphatic carbocycles. The highest BCUT2D eigenvalue weighted by Crippen LogP contribution is 2.27. The molecule has 0 rings (SSSR count). The van der Waals surface area contributed by atoms with Crippen molar-refractivity contribution in [3.63, 3.8) is 0 Å². The molecule has 0 aromatic heterocycles. The van der Waals surface area contributed by atoms with Gasteiger partial charge in [0.05, 0.1) is 19.2 Å².